The van der Waals surface area contributed by atoms with E-state index in [0.29, 0.717) is 22.2 Å². The van der Waals surface area contributed by atoms with Crippen LogP contribution in [0.25, 0.3) is 10.9 Å². The van der Waals surface area contributed by atoms with E-state index in [-0.39, 0.29) is 18.0 Å². The van der Waals surface area contributed by atoms with Crippen LogP contribution in [0.15, 0.2) is 47.5 Å². The van der Waals surface area contributed by atoms with Crippen molar-refractivity contribution in [2.24, 2.45) is 4.99 Å². The second-order valence-corrected chi connectivity index (χ2v) is 5.36. The highest BCUT2D eigenvalue weighted by Gasteiger charge is 2.18. The maximum absolute atomic E-state index is 13.6. The zero-order chi connectivity index (χ0) is 18.7. The lowest BCUT2D eigenvalue weighted by Gasteiger charge is -2.01. The molecular formula is C18H14FN3O4. The SMILES string of the molecule is CCOC(=O)c1[nH]c2ccc(F)cc2c1C=Nc1ccc([N+](=O)[O-])cc1. The van der Waals surface area contributed by atoms with E-state index in [0.717, 1.165) is 0 Å². The molecule has 0 saturated carbocycles. The average molecular weight is 355 g/mol. The summed E-state index contributed by atoms with van der Waals surface area (Å²) in [6.07, 6.45) is 1.41. The molecule has 132 valence electrons. The monoisotopic (exact) mass is 355 g/mol. The molecular weight excluding hydrogens is 341 g/mol. The maximum atomic E-state index is 13.6. The van der Waals surface area contributed by atoms with E-state index in [1.54, 1.807) is 6.92 Å². The molecule has 0 unspecified atom stereocenters. The summed E-state index contributed by atoms with van der Waals surface area (Å²) in [5.41, 5.74) is 1.52. The van der Waals surface area contributed by atoms with Gasteiger partial charge in [0, 0.05) is 34.8 Å². The number of aromatic nitrogens is 1. The van der Waals surface area contributed by atoms with Crippen LogP contribution in [-0.4, -0.2) is 28.7 Å². The Bertz CT molecular complexity index is 1010. The van der Waals surface area contributed by atoms with Crippen molar-refractivity contribution in [3.8, 4) is 0 Å². The highest BCUT2D eigenvalue weighted by Crippen LogP contribution is 2.24. The lowest BCUT2D eigenvalue weighted by molar-refractivity contribution is -0.384. The molecule has 8 heteroatoms. The number of H-pyrrole nitrogens is 1. The molecule has 0 saturated heterocycles. The zero-order valence-corrected chi connectivity index (χ0v) is 13.7. The van der Waals surface area contributed by atoms with Crippen LogP contribution in [0.4, 0.5) is 15.8 Å². The Morgan fingerprint density at radius 1 is 1.31 bits per heavy atom. The van der Waals surface area contributed by atoms with Gasteiger partial charge in [0.15, 0.2) is 0 Å². The Kier molecular flexibility index (Phi) is 4.74. The second-order valence-electron chi connectivity index (χ2n) is 5.36. The molecule has 1 heterocycles. The Hall–Kier alpha value is -3.55. The van der Waals surface area contributed by atoms with Crippen LogP contribution < -0.4 is 0 Å². The van der Waals surface area contributed by atoms with Gasteiger partial charge in [0.1, 0.15) is 11.5 Å². The van der Waals surface area contributed by atoms with E-state index in [4.69, 9.17) is 4.74 Å². The summed E-state index contributed by atoms with van der Waals surface area (Å²) in [4.78, 5) is 29.5. The molecule has 0 radical (unpaired) electrons. The molecule has 0 aliphatic carbocycles. The first-order chi connectivity index (χ1) is 12.5. The number of carbonyl (C=O) groups excluding carboxylic acids is 1. The minimum atomic E-state index is -0.575. The summed E-state index contributed by atoms with van der Waals surface area (Å²) in [7, 11) is 0. The fourth-order valence-corrected chi connectivity index (χ4v) is 2.48. The van der Waals surface area contributed by atoms with E-state index < -0.39 is 16.7 Å². The number of hydrogen-bond donors (Lipinski definition) is 1. The zero-order valence-electron chi connectivity index (χ0n) is 13.7. The number of nitro groups is 1. The van der Waals surface area contributed by atoms with Crippen molar-refractivity contribution < 1.29 is 18.8 Å². The third-order valence-corrected chi connectivity index (χ3v) is 3.68. The van der Waals surface area contributed by atoms with Gasteiger partial charge in [0.05, 0.1) is 17.2 Å². The van der Waals surface area contributed by atoms with E-state index in [1.807, 2.05) is 0 Å². The van der Waals surface area contributed by atoms with E-state index >= 15 is 0 Å². The predicted molar refractivity (Wildman–Crippen MR) is 94.6 cm³/mol. The molecule has 2 aromatic carbocycles. The van der Waals surface area contributed by atoms with Gasteiger partial charge in [-0.2, -0.15) is 0 Å². The molecule has 3 rings (SSSR count). The minimum Gasteiger partial charge on any atom is -0.461 e. The van der Waals surface area contributed by atoms with Crippen LogP contribution in [0.5, 0.6) is 0 Å². The summed E-state index contributed by atoms with van der Waals surface area (Å²) < 4.78 is 18.6. The molecule has 0 amide bonds. The molecule has 0 aliphatic heterocycles. The van der Waals surface area contributed by atoms with Gasteiger partial charge in [-0.05, 0) is 37.3 Å². The van der Waals surface area contributed by atoms with Crippen molar-refractivity contribution in [1.29, 1.82) is 0 Å². The third-order valence-electron chi connectivity index (χ3n) is 3.68. The molecule has 1 aromatic heterocycles. The summed E-state index contributed by atoms with van der Waals surface area (Å²) in [5.74, 6) is -1.02. The Balaban J connectivity index is 2.04. The Morgan fingerprint density at radius 3 is 2.69 bits per heavy atom. The van der Waals surface area contributed by atoms with Gasteiger partial charge in [0.25, 0.3) is 5.69 Å². The van der Waals surface area contributed by atoms with Gasteiger partial charge in [-0.25, -0.2) is 9.18 Å². The Morgan fingerprint density at radius 2 is 2.04 bits per heavy atom. The van der Waals surface area contributed by atoms with E-state index in [2.05, 4.69) is 9.98 Å². The molecule has 0 fully saturated rings. The normalized spacial score (nSPS) is 11.2. The number of halogens is 1. The number of aliphatic imine (C=N–C) groups is 1. The van der Waals surface area contributed by atoms with E-state index in [1.165, 1.54) is 48.7 Å². The summed E-state index contributed by atoms with van der Waals surface area (Å²) >= 11 is 0. The fraction of sp³-hybridized carbons (Fsp3) is 0.111. The lowest BCUT2D eigenvalue weighted by atomic mass is 10.1. The van der Waals surface area contributed by atoms with Crippen molar-refractivity contribution >= 4 is 34.5 Å². The van der Waals surface area contributed by atoms with Gasteiger partial charge in [-0.3, -0.25) is 15.1 Å². The number of nitrogens with zero attached hydrogens (tertiary/aromatic N) is 2. The number of carbonyl (C=O) groups is 1. The lowest BCUT2D eigenvalue weighted by Crippen LogP contribution is -2.07. The van der Waals surface area contributed by atoms with Crippen molar-refractivity contribution in [1.82, 2.24) is 4.98 Å². The number of non-ortho nitro benzene ring substituents is 1. The molecule has 1 N–H and O–H groups in total. The van der Waals surface area contributed by atoms with Crippen LogP contribution in [0.3, 0.4) is 0 Å². The predicted octanol–water partition coefficient (Wildman–Crippen LogP) is 4.14. The van der Waals surface area contributed by atoms with Gasteiger partial charge in [-0.1, -0.05) is 0 Å². The quantitative estimate of drug-likeness (QED) is 0.322. The van der Waals surface area contributed by atoms with Gasteiger partial charge < -0.3 is 9.72 Å². The van der Waals surface area contributed by atoms with Crippen molar-refractivity contribution in [3.05, 3.63) is 69.7 Å². The second kappa shape index (κ2) is 7.14. The van der Waals surface area contributed by atoms with Crippen LogP contribution in [-0.2, 0) is 4.74 Å². The van der Waals surface area contributed by atoms with Crippen LogP contribution in [0.2, 0.25) is 0 Å². The van der Waals surface area contributed by atoms with Crippen molar-refractivity contribution in [2.45, 2.75) is 6.92 Å². The summed E-state index contributed by atoms with van der Waals surface area (Å²) in [6.45, 7) is 1.88. The minimum absolute atomic E-state index is 0.0506. The third kappa shape index (κ3) is 3.44. The van der Waals surface area contributed by atoms with Crippen LogP contribution in [0.1, 0.15) is 23.0 Å². The first kappa shape index (κ1) is 17.3. The number of aromatic amines is 1. The van der Waals surface area contributed by atoms with Crippen LogP contribution in [0, 0.1) is 15.9 Å². The fourth-order valence-electron chi connectivity index (χ4n) is 2.48. The highest BCUT2D eigenvalue weighted by molar-refractivity contribution is 6.09. The molecule has 0 spiro atoms. The first-order valence-electron chi connectivity index (χ1n) is 7.76. The number of fused-ring (bicyclic) bond motifs is 1. The largest absolute Gasteiger partial charge is 0.461 e. The van der Waals surface area contributed by atoms with Crippen molar-refractivity contribution in [2.75, 3.05) is 6.61 Å². The average Bonchev–Trinajstić information content (AvgIpc) is 2.98. The van der Waals surface area contributed by atoms with Crippen molar-refractivity contribution in [3.63, 3.8) is 0 Å². The van der Waals surface area contributed by atoms with Gasteiger partial charge in [-0.15, -0.1) is 0 Å². The molecule has 26 heavy (non-hydrogen) atoms. The van der Waals surface area contributed by atoms with Crippen LogP contribution >= 0.6 is 0 Å². The number of ether oxygens (including phenoxy) is 1. The summed E-state index contributed by atoms with van der Waals surface area (Å²) in [6, 6.07) is 9.72. The van der Waals surface area contributed by atoms with Gasteiger partial charge in [0.2, 0.25) is 0 Å². The maximum Gasteiger partial charge on any atom is 0.355 e. The molecule has 0 bridgehead atoms. The number of rotatable bonds is 5. The topological polar surface area (TPSA) is 97.6 Å². The number of hydrogen-bond acceptors (Lipinski definition) is 5. The number of esters is 1. The standard InChI is InChI=1S/C18H14FN3O4/c1-2-26-18(23)17-15(14-9-11(19)3-8-16(14)21-17)10-20-12-4-6-13(7-5-12)22(24)25/h3-10,21H,2H2,1H3. The van der Waals surface area contributed by atoms with Gasteiger partial charge >= 0.3 is 5.97 Å². The Labute approximate surface area is 147 Å². The number of nitrogens with one attached hydrogen (secondary N) is 1. The first-order valence-corrected chi connectivity index (χ1v) is 7.76. The molecule has 0 aliphatic rings. The smallest absolute Gasteiger partial charge is 0.355 e. The molecule has 3 aromatic rings. The molecule has 0 atom stereocenters. The molecule has 7 nitrogen and oxygen atoms in total. The number of benzene rings is 2. The summed E-state index contributed by atoms with van der Waals surface area (Å²) in [5, 5.41) is 11.2. The highest BCUT2D eigenvalue weighted by atomic mass is 19.1. The number of nitro benzene ring substituents is 1. The van der Waals surface area contributed by atoms with E-state index in [9.17, 15) is 19.3 Å².